The minimum atomic E-state index is -0.910. The fourth-order valence-electron chi connectivity index (χ4n) is 2.29. The van der Waals surface area contributed by atoms with Crippen molar-refractivity contribution in [1.29, 1.82) is 0 Å². The molecule has 0 aliphatic carbocycles. The summed E-state index contributed by atoms with van der Waals surface area (Å²) in [4.78, 5) is 23.5. The number of aliphatic carboxylic acids is 1. The Morgan fingerprint density at radius 2 is 1.86 bits per heavy atom. The molecule has 0 radical (unpaired) electrons. The number of carbonyl (C=O) groups is 2. The van der Waals surface area contributed by atoms with Crippen LogP contribution in [0, 0.1) is 12.8 Å². The molecule has 1 heterocycles. The minimum Gasteiger partial charge on any atom is -0.481 e. The molecule has 0 bridgehead atoms. The van der Waals surface area contributed by atoms with Crippen LogP contribution < -0.4 is 5.32 Å². The standard InChI is InChI=1S/C17H20N2O3/c1-12-8-9-15(19(12)2)16(20)18-11-14(17(21)22)10-13-6-4-3-5-7-13/h3-9,14H,10-11H2,1-2H3,(H,18,20)(H,21,22). The Kier molecular flexibility index (Phi) is 4.99. The van der Waals surface area contributed by atoms with Crippen molar-refractivity contribution >= 4 is 11.9 Å². The van der Waals surface area contributed by atoms with Crippen molar-refractivity contribution in [3.63, 3.8) is 0 Å². The van der Waals surface area contributed by atoms with Gasteiger partial charge in [0.05, 0.1) is 5.92 Å². The number of rotatable bonds is 6. The van der Waals surface area contributed by atoms with Gasteiger partial charge in [-0.1, -0.05) is 30.3 Å². The molecule has 1 atom stereocenters. The second kappa shape index (κ2) is 6.93. The Labute approximate surface area is 129 Å². The van der Waals surface area contributed by atoms with Gasteiger partial charge in [-0.15, -0.1) is 0 Å². The van der Waals surface area contributed by atoms with Crippen molar-refractivity contribution in [3.05, 3.63) is 59.4 Å². The van der Waals surface area contributed by atoms with Gasteiger partial charge < -0.3 is 15.0 Å². The highest BCUT2D eigenvalue weighted by Gasteiger charge is 2.20. The first-order valence-electron chi connectivity index (χ1n) is 7.16. The van der Waals surface area contributed by atoms with E-state index in [1.165, 1.54) is 0 Å². The molecule has 2 N–H and O–H groups in total. The number of carboxylic acids is 1. The lowest BCUT2D eigenvalue weighted by Crippen LogP contribution is -2.34. The molecule has 5 nitrogen and oxygen atoms in total. The molecule has 1 unspecified atom stereocenters. The van der Waals surface area contributed by atoms with Gasteiger partial charge in [-0.25, -0.2) is 0 Å². The van der Waals surface area contributed by atoms with Crippen LogP contribution >= 0.6 is 0 Å². The lowest BCUT2D eigenvalue weighted by molar-refractivity contribution is -0.141. The summed E-state index contributed by atoms with van der Waals surface area (Å²) in [5.41, 5.74) is 2.45. The summed E-state index contributed by atoms with van der Waals surface area (Å²) >= 11 is 0. The molecular weight excluding hydrogens is 280 g/mol. The number of hydrogen-bond donors (Lipinski definition) is 2. The maximum absolute atomic E-state index is 12.1. The first-order chi connectivity index (χ1) is 10.5. The van der Waals surface area contributed by atoms with Crippen LogP contribution in [-0.4, -0.2) is 28.1 Å². The Balaban J connectivity index is 1.99. The zero-order valence-electron chi connectivity index (χ0n) is 12.7. The average molecular weight is 300 g/mol. The van der Waals surface area contributed by atoms with Gasteiger partial charge in [0.15, 0.2) is 0 Å². The fourth-order valence-corrected chi connectivity index (χ4v) is 2.29. The van der Waals surface area contributed by atoms with Gasteiger partial charge in [-0.3, -0.25) is 9.59 Å². The quantitative estimate of drug-likeness (QED) is 0.857. The molecule has 1 aromatic heterocycles. The number of carboxylic acid groups (broad SMARTS) is 1. The van der Waals surface area contributed by atoms with Gasteiger partial charge in [0.25, 0.3) is 5.91 Å². The van der Waals surface area contributed by atoms with E-state index in [0.29, 0.717) is 12.1 Å². The Hall–Kier alpha value is -2.56. The van der Waals surface area contributed by atoms with E-state index < -0.39 is 11.9 Å². The van der Waals surface area contributed by atoms with Crippen molar-refractivity contribution in [2.24, 2.45) is 13.0 Å². The fraction of sp³-hybridized carbons (Fsp3) is 0.294. The maximum atomic E-state index is 12.1. The molecule has 5 heteroatoms. The molecular formula is C17H20N2O3. The predicted octanol–water partition coefficient (Wildman–Crippen LogP) is 2.01. The Morgan fingerprint density at radius 1 is 1.18 bits per heavy atom. The monoisotopic (exact) mass is 300 g/mol. The van der Waals surface area contributed by atoms with Gasteiger partial charge in [0.1, 0.15) is 5.69 Å². The molecule has 0 spiro atoms. The first-order valence-corrected chi connectivity index (χ1v) is 7.16. The van der Waals surface area contributed by atoms with E-state index in [1.54, 1.807) is 10.6 Å². The lowest BCUT2D eigenvalue weighted by Gasteiger charge is -2.14. The minimum absolute atomic E-state index is 0.104. The zero-order chi connectivity index (χ0) is 16.1. The van der Waals surface area contributed by atoms with E-state index in [1.807, 2.05) is 50.4 Å². The third-order valence-electron chi connectivity index (χ3n) is 3.79. The summed E-state index contributed by atoms with van der Waals surface area (Å²) in [5, 5.41) is 12.0. The number of hydrogen-bond acceptors (Lipinski definition) is 2. The smallest absolute Gasteiger partial charge is 0.308 e. The molecule has 116 valence electrons. The molecule has 0 saturated carbocycles. The average Bonchev–Trinajstić information content (AvgIpc) is 2.84. The van der Waals surface area contributed by atoms with Crippen LogP contribution in [0.4, 0.5) is 0 Å². The zero-order valence-corrected chi connectivity index (χ0v) is 12.7. The summed E-state index contributed by atoms with van der Waals surface area (Å²) < 4.78 is 1.78. The van der Waals surface area contributed by atoms with E-state index in [0.717, 1.165) is 11.3 Å². The number of aryl methyl sites for hydroxylation is 1. The lowest BCUT2D eigenvalue weighted by atomic mass is 9.99. The van der Waals surface area contributed by atoms with E-state index in [4.69, 9.17) is 0 Å². The number of carbonyl (C=O) groups excluding carboxylic acids is 1. The van der Waals surface area contributed by atoms with Gasteiger partial charge in [-0.2, -0.15) is 0 Å². The topological polar surface area (TPSA) is 71.3 Å². The van der Waals surface area contributed by atoms with Crippen LogP contribution in [-0.2, 0) is 18.3 Å². The van der Waals surface area contributed by atoms with Crippen LogP contribution in [0.3, 0.4) is 0 Å². The highest BCUT2D eigenvalue weighted by molar-refractivity contribution is 5.93. The number of benzene rings is 1. The van der Waals surface area contributed by atoms with E-state index in [9.17, 15) is 14.7 Å². The van der Waals surface area contributed by atoms with Crippen molar-refractivity contribution in [2.45, 2.75) is 13.3 Å². The largest absolute Gasteiger partial charge is 0.481 e. The third-order valence-corrected chi connectivity index (χ3v) is 3.79. The van der Waals surface area contributed by atoms with Crippen LogP contribution in [0.2, 0.25) is 0 Å². The Morgan fingerprint density at radius 3 is 2.41 bits per heavy atom. The normalized spacial score (nSPS) is 11.9. The molecule has 0 fully saturated rings. The molecule has 0 aliphatic heterocycles. The van der Waals surface area contributed by atoms with Crippen molar-refractivity contribution in [1.82, 2.24) is 9.88 Å². The maximum Gasteiger partial charge on any atom is 0.308 e. The molecule has 0 aliphatic rings. The van der Waals surface area contributed by atoms with Gasteiger partial charge >= 0.3 is 5.97 Å². The number of aromatic nitrogens is 1. The Bertz CT molecular complexity index is 662. The first kappa shape index (κ1) is 15.8. The third kappa shape index (κ3) is 3.75. The van der Waals surface area contributed by atoms with Crippen molar-refractivity contribution in [2.75, 3.05) is 6.54 Å². The summed E-state index contributed by atoms with van der Waals surface area (Å²) in [7, 11) is 1.81. The van der Waals surface area contributed by atoms with Crippen LogP contribution in [0.15, 0.2) is 42.5 Å². The molecule has 22 heavy (non-hydrogen) atoms. The SMILES string of the molecule is Cc1ccc(C(=O)NCC(Cc2ccccc2)C(=O)O)n1C. The van der Waals surface area contributed by atoms with Crippen LogP contribution in [0.5, 0.6) is 0 Å². The van der Waals surface area contributed by atoms with Gasteiger partial charge in [0.2, 0.25) is 0 Å². The molecule has 1 amide bonds. The van der Waals surface area contributed by atoms with Gasteiger partial charge in [-0.05, 0) is 31.0 Å². The second-order valence-electron chi connectivity index (χ2n) is 5.35. The number of amides is 1. The summed E-state index contributed by atoms with van der Waals surface area (Å²) in [6.07, 6.45) is 0.391. The predicted molar refractivity (Wildman–Crippen MR) is 83.8 cm³/mol. The summed E-state index contributed by atoms with van der Waals surface area (Å²) in [6.45, 7) is 2.01. The van der Waals surface area contributed by atoms with Crippen LogP contribution in [0.25, 0.3) is 0 Å². The van der Waals surface area contributed by atoms with E-state index in [2.05, 4.69) is 5.32 Å². The highest BCUT2D eigenvalue weighted by atomic mass is 16.4. The molecule has 1 aromatic carbocycles. The van der Waals surface area contributed by atoms with Gasteiger partial charge in [0, 0.05) is 19.3 Å². The van der Waals surface area contributed by atoms with E-state index >= 15 is 0 Å². The van der Waals surface area contributed by atoms with Crippen molar-refractivity contribution in [3.8, 4) is 0 Å². The summed E-state index contributed by atoms with van der Waals surface area (Å²) in [5.74, 6) is -1.81. The van der Waals surface area contributed by atoms with E-state index in [-0.39, 0.29) is 12.5 Å². The molecule has 2 rings (SSSR count). The number of nitrogens with one attached hydrogen (secondary N) is 1. The summed E-state index contributed by atoms with van der Waals surface area (Å²) in [6, 6.07) is 13.0. The molecule has 0 saturated heterocycles. The second-order valence-corrected chi connectivity index (χ2v) is 5.35. The van der Waals surface area contributed by atoms with Crippen molar-refractivity contribution < 1.29 is 14.7 Å². The number of nitrogens with zero attached hydrogens (tertiary/aromatic N) is 1. The highest BCUT2D eigenvalue weighted by Crippen LogP contribution is 2.10. The van der Waals surface area contributed by atoms with Crippen LogP contribution in [0.1, 0.15) is 21.7 Å². The molecule has 2 aromatic rings.